The molecular weight excluding hydrogens is 228 g/mol. The van der Waals surface area contributed by atoms with E-state index in [4.69, 9.17) is 4.74 Å². The van der Waals surface area contributed by atoms with Gasteiger partial charge in [-0.3, -0.25) is 4.98 Å². The minimum absolute atomic E-state index is 0.728. The summed E-state index contributed by atoms with van der Waals surface area (Å²) >= 11 is 0. The van der Waals surface area contributed by atoms with Gasteiger partial charge in [0, 0.05) is 18.9 Å². The quantitative estimate of drug-likeness (QED) is 0.875. The molecule has 0 saturated carbocycles. The first-order chi connectivity index (χ1) is 8.85. The number of ether oxygens (including phenoxy) is 1. The highest BCUT2D eigenvalue weighted by Crippen LogP contribution is 2.22. The van der Waals surface area contributed by atoms with Gasteiger partial charge >= 0.3 is 0 Å². The molecule has 0 aliphatic carbocycles. The van der Waals surface area contributed by atoms with Gasteiger partial charge in [-0.15, -0.1) is 0 Å². The van der Waals surface area contributed by atoms with Crippen molar-refractivity contribution in [1.29, 1.82) is 0 Å². The molecule has 0 saturated heterocycles. The second-order valence-corrected chi connectivity index (χ2v) is 3.76. The summed E-state index contributed by atoms with van der Waals surface area (Å²) in [6.07, 6.45) is 6.04. The van der Waals surface area contributed by atoms with E-state index in [2.05, 4.69) is 27.2 Å². The first-order valence-electron chi connectivity index (χ1n) is 5.90. The molecule has 2 heterocycles. The molecule has 0 unspecified atom stereocenters. The molecule has 2 rings (SSSR count). The minimum Gasteiger partial charge on any atom is -0.495 e. The number of nitrogens with zero attached hydrogens (tertiary/aromatic N) is 3. The lowest BCUT2D eigenvalue weighted by Crippen LogP contribution is -2.05. The van der Waals surface area contributed by atoms with Crippen molar-refractivity contribution >= 4 is 5.82 Å². The third-order valence-electron chi connectivity index (χ3n) is 2.46. The van der Waals surface area contributed by atoms with E-state index in [-0.39, 0.29) is 0 Å². The van der Waals surface area contributed by atoms with Crippen LogP contribution in [0.15, 0.2) is 30.7 Å². The number of hydrogen-bond donors (Lipinski definition) is 1. The Morgan fingerprint density at radius 1 is 1.17 bits per heavy atom. The van der Waals surface area contributed by atoms with Gasteiger partial charge in [-0.2, -0.15) is 0 Å². The van der Waals surface area contributed by atoms with E-state index in [9.17, 15) is 0 Å². The fourth-order valence-corrected chi connectivity index (χ4v) is 1.54. The molecule has 5 nitrogen and oxygen atoms in total. The van der Waals surface area contributed by atoms with Crippen molar-refractivity contribution < 1.29 is 4.74 Å². The number of rotatable bonds is 5. The van der Waals surface area contributed by atoms with Crippen LogP contribution in [0, 0.1) is 0 Å². The van der Waals surface area contributed by atoms with Crippen LogP contribution in [0.1, 0.15) is 13.3 Å². The molecule has 0 atom stereocenters. The van der Waals surface area contributed by atoms with Crippen molar-refractivity contribution in [3.05, 3.63) is 30.7 Å². The van der Waals surface area contributed by atoms with Crippen LogP contribution in [-0.4, -0.2) is 28.6 Å². The maximum Gasteiger partial charge on any atom is 0.154 e. The van der Waals surface area contributed by atoms with Crippen molar-refractivity contribution in [3.8, 4) is 17.1 Å². The van der Waals surface area contributed by atoms with Gasteiger partial charge in [0.05, 0.1) is 19.0 Å². The van der Waals surface area contributed by atoms with Gasteiger partial charge < -0.3 is 10.1 Å². The summed E-state index contributed by atoms with van der Waals surface area (Å²) in [5.74, 6) is 1.49. The number of aromatic nitrogens is 3. The third-order valence-corrected chi connectivity index (χ3v) is 2.46. The molecule has 0 bridgehead atoms. The van der Waals surface area contributed by atoms with Crippen LogP contribution in [0.2, 0.25) is 0 Å². The second kappa shape index (κ2) is 5.95. The van der Waals surface area contributed by atoms with Gasteiger partial charge in [-0.25, -0.2) is 9.97 Å². The Labute approximate surface area is 106 Å². The van der Waals surface area contributed by atoms with Gasteiger partial charge in [0.15, 0.2) is 5.82 Å². The van der Waals surface area contributed by atoms with Crippen LogP contribution in [0.5, 0.6) is 5.75 Å². The van der Waals surface area contributed by atoms with Crippen molar-refractivity contribution in [2.24, 2.45) is 0 Å². The molecule has 18 heavy (non-hydrogen) atoms. The second-order valence-electron chi connectivity index (χ2n) is 3.76. The molecule has 2 aromatic rings. The Balaban J connectivity index is 2.30. The maximum absolute atomic E-state index is 5.09. The summed E-state index contributed by atoms with van der Waals surface area (Å²) in [5, 5.41) is 3.25. The number of pyridine rings is 1. The van der Waals surface area contributed by atoms with Crippen LogP contribution >= 0.6 is 0 Å². The van der Waals surface area contributed by atoms with Gasteiger partial charge in [0.2, 0.25) is 0 Å². The molecule has 0 aliphatic heterocycles. The number of methoxy groups -OCH3 is 1. The topological polar surface area (TPSA) is 59.9 Å². The lowest BCUT2D eigenvalue weighted by Gasteiger charge is -2.08. The van der Waals surface area contributed by atoms with E-state index in [0.717, 1.165) is 35.9 Å². The molecule has 0 radical (unpaired) electrons. The molecule has 2 aromatic heterocycles. The third kappa shape index (κ3) is 2.74. The SMILES string of the molecule is CCCNc1nccnc1-c1ccc(OC)cn1. The molecule has 5 heteroatoms. The number of anilines is 1. The van der Waals surface area contributed by atoms with Crippen molar-refractivity contribution in [2.45, 2.75) is 13.3 Å². The summed E-state index contributed by atoms with van der Waals surface area (Å²) in [7, 11) is 1.62. The fraction of sp³-hybridized carbons (Fsp3) is 0.308. The van der Waals surface area contributed by atoms with Crippen LogP contribution in [0.25, 0.3) is 11.4 Å². The van der Waals surface area contributed by atoms with Gasteiger partial charge in [-0.05, 0) is 18.6 Å². The average Bonchev–Trinajstić information content (AvgIpc) is 2.45. The Kier molecular flexibility index (Phi) is 4.06. The normalized spacial score (nSPS) is 10.1. The lowest BCUT2D eigenvalue weighted by molar-refractivity contribution is 0.413. The van der Waals surface area contributed by atoms with Gasteiger partial charge in [0.25, 0.3) is 0 Å². The van der Waals surface area contributed by atoms with E-state index >= 15 is 0 Å². The van der Waals surface area contributed by atoms with Crippen LogP contribution in [-0.2, 0) is 0 Å². The lowest BCUT2D eigenvalue weighted by atomic mass is 10.2. The summed E-state index contributed by atoms with van der Waals surface area (Å²) in [6.45, 7) is 2.97. The van der Waals surface area contributed by atoms with Crippen LogP contribution in [0.3, 0.4) is 0 Å². The molecule has 0 fully saturated rings. The first kappa shape index (κ1) is 12.3. The zero-order chi connectivity index (χ0) is 12.8. The Bertz CT molecular complexity index is 499. The zero-order valence-electron chi connectivity index (χ0n) is 10.6. The molecule has 0 amide bonds. The minimum atomic E-state index is 0.728. The Morgan fingerprint density at radius 2 is 2.00 bits per heavy atom. The van der Waals surface area contributed by atoms with Crippen molar-refractivity contribution in [3.63, 3.8) is 0 Å². The van der Waals surface area contributed by atoms with Crippen LogP contribution < -0.4 is 10.1 Å². The smallest absolute Gasteiger partial charge is 0.154 e. The van der Waals surface area contributed by atoms with Gasteiger partial charge in [-0.1, -0.05) is 6.92 Å². The zero-order valence-corrected chi connectivity index (χ0v) is 10.6. The van der Waals surface area contributed by atoms with Crippen molar-refractivity contribution in [2.75, 3.05) is 19.0 Å². The Hall–Kier alpha value is -2.17. The maximum atomic E-state index is 5.09. The largest absolute Gasteiger partial charge is 0.495 e. The highest BCUT2D eigenvalue weighted by atomic mass is 16.5. The highest BCUT2D eigenvalue weighted by Gasteiger charge is 2.08. The molecule has 0 aromatic carbocycles. The van der Waals surface area contributed by atoms with E-state index in [1.807, 2.05) is 12.1 Å². The summed E-state index contributed by atoms with van der Waals surface area (Å²) in [4.78, 5) is 12.9. The molecule has 0 aliphatic rings. The monoisotopic (exact) mass is 244 g/mol. The summed E-state index contributed by atoms with van der Waals surface area (Å²) in [6, 6.07) is 3.74. The Morgan fingerprint density at radius 3 is 2.67 bits per heavy atom. The predicted molar refractivity (Wildman–Crippen MR) is 70.6 cm³/mol. The fourth-order valence-electron chi connectivity index (χ4n) is 1.54. The molecule has 94 valence electrons. The molecular formula is C13H16N4O. The van der Waals surface area contributed by atoms with Gasteiger partial charge in [0.1, 0.15) is 11.4 Å². The number of hydrogen-bond acceptors (Lipinski definition) is 5. The molecule has 1 N–H and O–H groups in total. The van der Waals surface area contributed by atoms with Crippen LogP contribution in [0.4, 0.5) is 5.82 Å². The van der Waals surface area contributed by atoms with E-state index < -0.39 is 0 Å². The van der Waals surface area contributed by atoms with E-state index in [1.165, 1.54) is 0 Å². The summed E-state index contributed by atoms with van der Waals surface area (Å²) < 4.78 is 5.09. The highest BCUT2D eigenvalue weighted by molar-refractivity contribution is 5.68. The molecule has 0 spiro atoms. The van der Waals surface area contributed by atoms with E-state index in [0.29, 0.717) is 0 Å². The van der Waals surface area contributed by atoms with Crippen molar-refractivity contribution in [1.82, 2.24) is 15.0 Å². The standard InChI is InChI=1S/C13H16N4O/c1-3-6-15-13-12(14-7-8-16-13)11-5-4-10(18-2)9-17-11/h4-5,7-9H,3,6H2,1-2H3,(H,15,16). The average molecular weight is 244 g/mol. The number of nitrogens with one attached hydrogen (secondary N) is 1. The predicted octanol–water partition coefficient (Wildman–Crippen LogP) is 2.37. The summed E-state index contributed by atoms with van der Waals surface area (Å²) in [5.41, 5.74) is 1.54. The van der Waals surface area contributed by atoms with E-state index in [1.54, 1.807) is 25.7 Å². The first-order valence-corrected chi connectivity index (χ1v) is 5.90.